The molecule has 28 heavy (non-hydrogen) atoms. The van der Waals surface area contributed by atoms with Crippen LogP contribution in [0.5, 0.6) is 11.5 Å². The third-order valence-corrected chi connectivity index (χ3v) is 4.59. The smallest absolute Gasteiger partial charge is 0.340 e. The number of methoxy groups -OCH3 is 2. The topological polar surface area (TPSA) is 115 Å². The van der Waals surface area contributed by atoms with Crippen molar-refractivity contribution in [3.05, 3.63) is 33.7 Å². The van der Waals surface area contributed by atoms with E-state index < -0.39 is 23.5 Å². The first kappa shape index (κ1) is 21.3. The van der Waals surface area contributed by atoms with Crippen molar-refractivity contribution in [3.8, 4) is 11.5 Å². The molecule has 0 saturated heterocycles. The minimum Gasteiger partial charge on any atom is -0.496 e. The molecule has 2 rings (SSSR count). The fraction of sp³-hybridized carbons (Fsp3) is 0.450. The first-order valence-electron chi connectivity index (χ1n) is 9.02. The second-order valence-corrected chi connectivity index (χ2v) is 6.47. The lowest BCUT2D eigenvalue weighted by Crippen LogP contribution is -2.42. The Balaban J connectivity index is 2.38. The molecule has 152 valence electrons. The van der Waals surface area contributed by atoms with Gasteiger partial charge in [0.2, 0.25) is 5.91 Å². The van der Waals surface area contributed by atoms with Crippen molar-refractivity contribution >= 4 is 22.8 Å². The molecule has 2 aromatic rings. The number of nitrogens with one attached hydrogen (secondary N) is 1. The maximum Gasteiger partial charge on any atom is 0.340 e. The maximum atomic E-state index is 12.4. The largest absolute Gasteiger partial charge is 0.496 e. The summed E-state index contributed by atoms with van der Waals surface area (Å²) in [6.45, 7) is 3.63. The van der Waals surface area contributed by atoms with Gasteiger partial charge in [-0.15, -0.1) is 0 Å². The fourth-order valence-electron chi connectivity index (χ4n) is 3.04. The standard InChI is InChI=1S/C20H25NO7/c1-5-6-7-14(19(23)24)21-17(22)10-13-11(2)18-15(27-4)8-12(26-3)9-16(18)28-20(13)25/h8-9,14H,5-7,10H2,1-4H3,(H,21,22)(H,23,24)/t14-/m1/s1. The first-order valence-corrected chi connectivity index (χ1v) is 9.02. The van der Waals surface area contributed by atoms with Gasteiger partial charge in [-0.05, 0) is 18.9 Å². The molecule has 8 heteroatoms. The van der Waals surface area contributed by atoms with Crippen LogP contribution in [0, 0.1) is 6.92 Å². The highest BCUT2D eigenvalue weighted by molar-refractivity contribution is 5.91. The molecule has 1 atom stereocenters. The number of carbonyl (C=O) groups excluding carboxylic acids is 1. The van der Waals surface area contributed by atoms with Gasteiger partial charge in [-0.25, -0.2) is 9.59 Å². The summed E-state index contributed by atoms with van der Waals surface area (Å²) in [5, 5.41) is 12.3. The van der Waals surface area contributed by atoms with Crippen LogP contribution in [-0.4, -0.2) is 37.2 Å². The second-order valence-electron chi connectivity index (χ2n) is 6.47. The monoisotopic (exact) mass is 391 g/mol. The summed E-state index contributed by atoms with van der Waals surface area (Å²) in [5.41, 5.74) is 0.333. The summed E-state index contributed by atoms with van der Waals surface area (Å²) in [4.78, 5) is 36.1. The molecule has 1 aromatic carbocycles. The number of fused-ring (bicyclic) bond motifs is 1. The number of ether oxygens (including phenoxy) is 2. The Labute approximate surface area is 162 Å². The SMILES string of the molecule is CCCC[C@@H](NC(=O)Cc1c(C)c2c(OC)cc(OC)cc2oc1=O)C(=O)O. The molecular weight excluding hydrogens is 366 g/mol. The van der Waals surface area contributed by atoms with E-state index in [1.54, 1.807) is 19.1 Å². The van der Waals surface area contributed by atoms with Crippen molar-refractivity contribution in [1.29, 1.82) is 0 Å². The van der Waals surface area contributed by atoms with Gasteiger partial charge in [0.25, 0.3) is 0 Å². The molecule has 1 aromatic heterocycles. The number of aryl methyl sites for hydroxylation is 1. The van der Waals surface area contributed by atoms with Gasteiger partial charge in [-0.1, -0.05) is 19.8 Å². The molecule has 0 aliphatic carbocycles. The van der Waals surface area contributed by atoms with E-state index in [-0.39, 0.29) is 17.6 Å². The minimum absolute atomic E-state index is 0.160. The Morgan fingerprint density at radius 2 is 1.96 bits per heavy atom. The number of carbonyl (C=O) groups is 2. The summed E-state index contributed by atoms with van der Waals surface area (Å²) in [6, 6.07) is 2.24. The molecule has 0 aliphatic heterocycles. The van der Waals surface area contributed by atoms with Crippen molar-refractivity contribution in [2.45, 2.75) is 45.6 Å². The van der Waals surface area contributed by atoms with Gasteiger partial charge in [0, 0.05) is 12.1 Å². The van der Waals surface area contributed by atoms with E-state index in [1.807, 2.05) is 6.92 Å². The number of carboxylic acid groups (broad SMARTS) is 1. The minimum atomic E-state index is -1.10. The molecule has 0 radical (unpaired) electrons. The summed E-state index contributed by atoms with van der Waals surface area (Å²) in [5.74, 6) is -0.732. The van der Waals surface area contributed by atoms with Crippen LogP contribution in [0.4, 0.5) is 0 Å². The Bertz CT molecular complexity index is 932. The van der Waals surface area contributed by atoms with Crippen LogP contribution in [0.25, 0.3) is 11.0 Å². The highest BCUT2D eigenvalue weighted by Gasteiger charge is 2.22. The zero-order valence-electron chi connectivity index (χ0n) is 16.5. The van der Waals surface area contributed by atoms with E-state index >= 15 is 0 Å². The van der Waals surface area contributed by atoms with Crippen LogP contribution >= 0.6 is 0 Å². The predicted octanol–water partition coefficient (Wildman–Crippen LogP) is 2.42. The van der Waals surface area contributed by atoms with Gasteiger partial charge in [0.15, 0.2) is 0 Å². The van der Waals surface area contributed by atoms with E-state index in [1.165, 1.54) is 14.2 Å². The lowest BCUT2D eigenvalue weighted by atomic mass is 10.0. The van der Waals surface area contributed by atoms with E-state index in [0.717, 1.165) is 6.42 Å². The average Bonchev–Trinajstić information content (AvgIpc) is 2.66. The molecule has 0 fully saturated rings. The predicted molar refractivity (Wildman–Crippen MR) is 103 cm³/mol. The van der Waals surface area contributed by atoms with Gasteiger partial charge in [-0.2, -0.15) is 0 Å². The summed E-state index contributed by atoms with van der Waals surface area (Å²) in [7, 11) is 2.97. The van der Waals surface area contributed by atoms with Gasteiger partial charge in [-0.3, -0.25) is 4.79 Å². The van der Waals surface area contributed by atoms with Gasteiger partial charge in [0.05, 0.1) is 31.6 Å². The summed E-state index contributed by atoms with van der Waals surface area (Å²) in [6.07, 6.45) is 1.54. The molecular formula is C20H25NO7. The molecule has 8 nitrogen and oxygen atoms in total. The number of hydrogen-bond acceptors (Lipinski definition) is 6. The molecule has 0 spiro atoms. The van der Waals surface area contributed by atoms with Crippen molar-refractivity contribution in [1.82, 2.24) is 5.32 Å². The molecule has 1 heterocycles. The number of amides is 1. The second kappa shape index (κ2) is 9.25. The molecule has 0 bridgehead atoms. The lowest BCUT2D eigenvalue weighted by molar-refractivity contribution is -0.142. The number of aliphatic carboxylic acids is 1. The number of benzene rings is 1. The Morgan fingerprint density at radius 3 is 2.54 bits per heavy atom. The zero-order valence-corrected chi connectivity index (χ0v) is 16.5. The van der Waals surface area contributed by atoms with Crippen LogP contribution < -0.4 is 20.4 Å². The van der Waals surface area contributed by atoms with E-state index in [4.69, 9.17) is 13.9 Å². The summed E-state index contributed by atoms with van der Waals surface area (Å²) >= 11 is 0. The molecule has 0 aliphatic rings. The summed E-state index contributed by atoms with van der Waals surface area (Å²) < 4.78 is 15.9. The van der Waals surface area contributed by atoms with Crippen molar-refractivity contribution in [2.75, 3.05) is 14.2 Å². The molecule has 0 saturated carbocycles. The number of hydrogen-bond donors (Lipinski definition) is 2. The van der Waals surface area contributed by atoms with Crippen molar-refractivity contribution < 1.29 is 28.6 Å². The van der Waals surface area contributed by atoms with Crippen molar-refractivity contribution in [3.63, 3.8) is 0 Å². The lowest BCUT2D eigenvalue weighted by Gasteiger charge is -2.15. The third-order valence-electron chi connectivity index (χ3n) is 4.59. The normalized spacial score (nSPS) is 11.9. The van der Waals surface area contributed by atoms with Gasteiger partial charge >= 0.3 is 11.6 Å². The Kier molecular flexibility index (Phi) is 7.03. The van der Waals surface area contributed by atoms with E-state index in [0.29, 0.717) is 35.3 Å². The molecule has 2 N–H and O–H groups in total. The Hall–Kier alpha value is -3.03. The number of carboxylic acids is 1. The highest BCUT2D eigenvalue weighted by Crippen LogP contribution is 2.33. The molecule has 0 unspecified atom stereocenters. The van der Waals surface area contributed by atoms with E-state index in [9.17, 15) is 19.5 Å². The van der Waals surface area contributed by atoms with Crippen LogP contribution in [-0.2, 0) is 16.0 Å². The van der Waals surface area contributed by atoms with Crippen LogP contribution in [0.1, 0.15) is 37.3 Å². The van der Waals surface area contributed by atoms with Crippen LogP contribution in [0.2, 0.25) is 0 Å². The van der Waals surface area contributed by atoms with Crippen LogP contribution in [0.3, 0.4) is 0 Å². The van der Waals surface area contributed by atoms with Gasteiger partial charge < -0.3 is 24.3 Å². The third kappa shape index (κ3) is 4.62. The molecule has 1 amide bonds. The average molecular weight is 391 g/mol. The fourth-order valence-corrected chi connectivity index (χ4v) is 3.04. The van der Waals surface area contributed by atoms with E-state index in [2.05, 4.69) is 5.32 Å². The number of rotatable bonds is 9. The zero-order chi connectivity index (χ0) is 20.8. The highest BCUT2D eigenvalue weighted by atomic mass is 16.5. The van der Waals surface area contributed by atoms with Crippen molar-refractivity contribution in [2.24, 2.45) is 0 Å². The Morgan fingerprint density at radius 1 is 1.25 bits per heavy atom. The van der Waals surface area contributed by atoms with Gasteiger partial charge in [0.1, 0.15) is 23.1 Å². The number of unbranched alkanes of at least 4 members (excludes halogenated alkanes) is 1. The maximum absolute atomic E-state index is 12.4. The first-order chi connectivity index (χ1) is 13.3. The quantitative estimate of drug-likeness (QED) is 0.631. The van der Waals surface area contributed by atoms with Crippen LogP contribution in [0.15, 0.2) is 21.3 Å².